The zero-order valence-corrected chi connectivity index (χ0v) is 10.4. The molecule has 0 bridgehead atoms. The van der Waals surface area contributed by atoms with Crippen LogP contribution in [-0.4, -0.2) is 6.04 Å². The van der Waals surface area contributed by atoms with E-state index in [9.17, 15) is 0 Å². The fraction of sp³-hybridized carbons (Fsp3) is 0.571. The average Bonchev–Trinajstić information content (AvgIpc) is 2.59. The Balaban J connectivity index is 2.02. The molecule has 16 heavy (non-hydrogen) atoms. The highest BCUT2D eigenvalue weighted by Crippen LogP contribution is 2.23. The molecule has 0 aliphatic heterocycles. The molecule has 0 aromatic carbocycles. The van der Waals surface area contributed by atoms with E-state index in [2.05, 4.69) is 30.5 Å². The van der Waals surface area contributed by atoms with Crippen molar-refractivity contribution in [2.24, 2.45) is 0 Å². The molecule has 1 N–H and O–H groups in total. The Morgan fingerprint density at radius 3 is 2.81 bits per heavy atom. The third-order valence-electron chi connectivity index (χ3n) is 3.26. The van der Waals surface area contributed by atoms with Gasteiger partial charge in [-0.05, 0) is 46.1 Å². The topological polar surface area (TPSA) is 25.2 Å². The fourth-order valence-corrected chi connectivity index (χ4v) is 2.44. The lowest BCUT2D eigenvalue weighted by Gasteiger charge is -2.22. The molecule has 1 aliphatic carbocycles. The fourth-order valence-electron chi connectivity index (χ4n) is 2.44. The summed E-state index contributed by atoms with van der Waals surface area (Å²) >= 11 is 0. The van der Waals surface area contributed by atoms with Crippen LogP contribution in [0, 0.1) is 13.8 Å². The van der Waals surface area contributed by atoms with Gasteiger partial charge in [-0.3, -0.25) is 0 Å². The minimum absolute atomic E-state index is 0.366. The third kappa shape index (κ3) is 2.56. The molecule has 2 rings (SSSR count). The van der Waals surface area contributed by atoms with Crippen LogP contribution in [0.15, 0.2) is 22.6 Å². The van der Waals surface area contributed by atoms with Gasteiger partial charge in [-0.15, -0.1) is 0 Å². The van der Waals surface area contributed by atoms with Crippen molar-refractivity contribution in [3.05, 3.63) is 35.3 Å². The smallest absolute Gasteiger partial charge is 0.105 e. The van der Waals surface area contributed by atoms with E-state index in [1.165, 1.54) is 24.8 Å². The normalized spacial score (nSPS) is 22.3. The molecule has 0 spiro atoms. The van der Waals surface area contributed by atoms with Crippen LogP contribution in [0.4, 0.5) is 0 Å². The van der Waals surface area contributed by atoms with Gasteiger partial charge < -0.3 is 9.73 Å². The van der Waals surface area contributed by atoms with Crippen molar-refractivity contribution in [2.45, 2.75) is 52.1 Å². The van der Waals surface area contributed by atoms with E-state index in [4.69, 9.17) is 4.42 Å². The first kappa shape index (κ1) is 11.5. The van der Waals surface area contributed by atoms with Crippen molar-refractivity contribution >= 4 is 0 Å². The van der Waals surface area contributed by atoms with E-state index in [1.54, 1.807) is 0 Å². The highest BCUT2D eigenvalue weighted by atomic mass is 16.3. The number of allylic oxidation sites excluding steroid dienone is 1. The van der Waals surface area contributed by atoms with Crippen molar-refractivity contribution in [1.82, 2.24) is 5.32 Å². The molecule has 2 unspecified atom stereocenters. The van der Waals surface area contributed by atoms with Crippen LogP contribution in [0.3, 0.4) is 0 Å². The summed E-state index contributed by atoms with van der Waals surface area (Å²) in [6.45, 7) is 6.25. The molecular formula is C14H21NO. The second-order valence-corrected chi connectivity index (χ2v) is 4.72. The number of hydrogen-bond acceptors (Lipinski definition) is 2. The van der Waals surface area contributed by atoms with Crippen LogP contribution in [0.5, 0.6) is 0 Å². The summed E-state index contributed by atoms with van der Waals surface area (Å²) in [5.41, 5.74) is 1.29. The zero-order valence-electron chi connectivity index (χ0n) is 10.4. The van der Waals surface area contributed by atoms with Crippen molar-refractivity contribution in [3.8, 4) is 0 Å². The van der Waals surface area contributed by atoms with E-state index in [-0.39, 0.29) is 0 Å². The van der Waals surface area contributed by atoms with Crippen LogP contribution in [0.2, 0.25) is 0 Å². The number of nitrogens with one attached hydrogen (secondary N) is 1. The highest BCUT2D eigenvalue weighted by Gasteiger charge is 2.16. The molecule has 1 aromatic heterocycles. The minimum atomic E-state index is 0.366. The van der Waals surface area contributed by atoms with Gasteiger partial charge in [-0.25, -0.2) is 0 Å². The maximum atomic E-state index is 5.57. The first-order chi connectivity index (χ1) is 7.66. The lowest BCUT2D eigenvalue weighted by molar-refractivity contribution is 0.454. The standard InChI is InChI=1S/C14H21NO/c1-10-9-14(12(3)16-10)11(2)15-13-7-5-4-6-8-13/h5,7,9,11,13,15H,4,6,8H2,1-3H3. The zero-order chi connectivity index (χ0) is 11.5. The van der Waals surface area contributed by atoms with Crippen LogP contribution < -0.4 is 5.32 Å². The maximum absolute atomic E-state index is 5.57. The van der Waals surface area contributed by atoms with Crippen LogP contribution >= 0.6 is 0 Å². The van der Waals surface area contributed by atoms with Crippen molar-refractivity contribution in [1.29, 1.82) is 0 Å². The number of rotatable bonds is 3. The molecule has 88 valence electrons. The summed E-state index contributed by atoms with van der Waals surface area (Å²) in [7, 11) is 0. The van der Waals surface area contributed by atoms with Crippen LogP contribution in [0.1, 0.15) is 49.3 Å². The first-order valence-corrected chi connectivity index (χ1v) is 6.16. The van der Waals surface area contributed by atoms with Gasteiger partial charge in [-0.2, -0.15) is 0 Å². The van der Waals surface area contributed by atoms with Gasteiger partial charge >= 0.3 is 0 Å². The van der Waals surface area contributed by atoms with Gasteiger partial charge in [0.25, 0.3) is 0 Å². The lowest BCUT2D eigenvalue weighted by Crippen LogP contribution is -2.31. The van der Waals surface area contributed by atoms with Gasteiger partial charge in [0.1, 0.15) is 11.5 Å². The number of hydrogen-bond donors (Lipinski definition) is 1. The molecule has 0 fully saturated rings. The Morgan fingerprint density at radius 2 is 2.25 bits per heavy atom. The SMILES string of the molecule is Cc1cc(C(C)NC2C=CCCC2)c(C)o1. The van der Waals surface area contributed by atoms with Crippen LogP contribution in [0.25, 0.3) is 0 Å². The van der Waals surface area contributed by atoms with E-state index in [0.717, 1.165) is 11.5 Å². The molecule has 0 saturated carbocycles. The predicted molar refractivity (Wildman–Crippen MR) is 66.5 cm³/mol. The molecule has 0 amide bonds. The minimum Gasteiger partial charge on any atom is -0.466 e. The maximum Gasteiger partial charge on any atom is 0.105 e. The quantitative estimate of drug-likeness (QED) is 0.785. The summed E-state index contributed by atoms with van der Waals surface area (Å²) in [6, 6.07) is 3.03. The Morgan fingerprint density at radius 1 is 1.44 bits per heavy atom. The van der Waals surface area contributed by atoms with Crippen LogP contribution in [-0.2, 0) is 0 Å². The van der Waals surface area contributed by atoms with Gasteiger partial charge in [0.2, 0.25) is 0 Å². The highest BCUT2D eigenvalue weighted by molar-refractivity contribution is 5.23. The third-order valence-corrected chi connectivity index (χ3v) is 3.26. The van der Waals surface area contributed by atoms with E-state index >= 15 is 0 Å². The summed E-state index contributed by atoms with van der Waals surface area (Å²) in [5.74, 6) is 2.04. The van der Waals surface area contributed by atoms with Crippen molar-refractivity contribution in [3.63, 3.8) is 0 Å². The lowest BCUT2D eigenvalue weighted by atomic mass is 10.0. The summed E-state index contributed by atoms with van der Waals surface area (Å²) in [5, 5.41) is 3.64. The molecular weight excluding hydrogens is 198 g/mol. The second-order valence-electron chi connectivity index (χ2n) is 4.72. The first-order valence-electron chi connectivity index (χ1n) is 6.16. The molecule has 1 aliphatic rings. The van der Waals surface area contributed by atoms with Gasteiger partial charge in [0.15, 0.2) is 0 Å². The van der Waals surface area contributed by atoms with E-state index < -0.39 is 0 Å². The van der Waals surface area contributed by atoms with Crippen molar-refractivity contribution in [2.75, 3.05) is 0 Å². The number of aryl methyl sites for hydroxylation is 2. The predicted octanol–water partition coefficient (Wildman–Crippen LogP) is 3.66. The van der Waals surface area contributed by atoms with Crippen molar-refractivity contribution < 1.29 is 4.42 Å². The molecule has 2 nitrogen and oxygen atoms in total. The number of furan rings is 1. The summed E-state index contributed by atoms with van der Waals surface area (Å²) in [4.78, 5) is 0. The van der Waals surface area contributed by atoms with Gasteiger partial charge in [0, 0.05) is 17.6 Å². The molecule has 1 aromatic rings. The molecule has 0 radical (unpaired) electrons. The van der Waals surface area contributed by atoms with E-state index in [0.29, 0.717) is 12.1 Å². The average molecular weight is 219 g/mol. The summed E-state index contributed by atoms with van der Waals surface area (Å²) < 4.78 is 5.57. The molecule has 2 atom stereocenters. The Labute approximate surface area is 97.7 Å². The molecule has 0 saturated heterocycles. The monoisotopic (exact) mass is 219 g/mol. The Kier molecular flexibility index (Phi) is 3.49. The molecule has 2 heteroatoms. The molecule has 1 heterocycles. The van der Waals surface area contributed by atoms with Gasteiger partial charge in [0.05, 0.1) is 0 Å². The largest absolute Gasteiger partial charge is 0.466 e. The summed E-state index contributed by atoms with van der Waals surface area (Å²) in [6.07, 6.45) is 8.35. The Bertz CT molecular complexity index is 378. The van der Waals surface area contributed by atoms with E-state index in [1.807, 2.05) is 13.8 Å². The van der Waals surface area contributed by atoms with Gasteiger partial charge in [-0.1, -0.05) is 12.2 Å². The Hall–Kier alpha value is -1.02. The second kappa shape index (κ2) is 4.88.